The van der Waals surface area contributed by atoms with Gasteiger partial charge in [-0.05, 0) is 56.2 Å². The number of nitrogens with one attached hydrogen (secondary N) is 2. The Morgan fingerprint density at radius 3 is 2.36 bits per heavy atom. The van der Waals surface area contributed by atoms with Crippen LogP contribution in [-0.4, -0.2) is 37.7 Å². The van der Waals surface area contributed by atoms with Gasteiger partial charge < -0.3 is 15.2 Å². The molecule has 0 bridgehead atoms. The van der Waals surface area contributed by atoms with E-state index in [1.54, 1.807) is 26.0 Å². The molecule has 2 atom stereocenters. The van der Waals surface area contributed by atoms with Crippen molar-refractivity contribution in [2.45, 2.75) is 42.9 Å². The molecule has 36 heavy (non-hydrogen) atoms. The second-order valence-corrected chi connectivity index (χ2v) is 11.5. The molecule has 0 saturated carbocycles. The van der Waals surface area contributed by atoms with Crippen LogP contribution in [0.1, 0.15) is 41.4 Å². The fourth-order valence-electron chi connectivity index (χ4n) is 4.10. The molecule has 0 radical (unpaired) electrons. The molecular weight excluding hydrogens is 523 g/mol. The van der Waals surface area contributed by atoms with E-state index in [0.717, 1.165) is 5.56 Å². The SMILES string of the molecule is CC1(C)Oc2ccc(C(=O)NCCc3ccccc3)cc2[C@@H](NS(=O)(=O)c2c(Cl)cccc2Cl)[C@@H]1O. The van der Waals surface area contributed by atoms with Crippen LogP contribution >= 0.6 is 23.2 Å². The molecule has 0 unspecified atom stereocenters. The highest BCUT2D eigenvalue weighted by Crippen LogP contribution is 2.41. The van der Waals surface area contributed by atoms with E-state index >= 15 is 0 Å². The molecule has 4 rings (SSSR count). The van der Waals surface area contributed by atoms with Crippen LogP contribution < -0.4 is 14.8 Å². The largest absolute Gasteiger partial charge is 0.485 e. The molecule has 3 aromatic rings. The Hall–Kier alpha value is -2.62. The number of carbonyl (C=O) groups excluding carboxylic acids is 1. The van der Waals surface area contributed by atoms with E-state index in [1.807, 2.05) is 30.3 Å². The third-order valence-electron chi connectivity index (χ3n) is 6.02. The number of ether oxygens (including phenoxy) is 1. The van der Waals surface area contributed by atoms with Crippen LogP contribution in [0.25, 0.3) is 0 Å². The van der Waals surface area contributed by atoms with Crippen molar-refractivity contribution < 1.29 is 23.1 Å². The summed E-state index contributed by atoms with van der Waals surface area (Å²) < 4.78 is 35.0. The number of hydrogen-bond acceptors (Lipinski definition) is 5. The number of halogens is 2. The Balaban J connectivity index is 1.62. The molecule has 1 aliphatic heterocycles. The van der Waals surface area contributed by atoms with Crippen LogP contribution in [0.5, 0.6) is 5.75 Å². The van der Waals surface area contributed by atoms with Crippen LogP contribution in [0.2, 0.25) is 10.0 Å². The predicted molar refractivity (Wildman–Crippen MR) is 139 cm³/mol. The van der Waals surface area contributed by atoms with Crippen molar-refractivity contribution in [2.24, 2.45) is 0 Å². The first-order valence-corrected chi connectivity index (χ1v) is 13.5. The zero-order chi connectivity index (χ0) is 26.1. The summed E-state index contributed by atoms with van der Waals surface area (Å²) in [5.74, 6) is 0.0212. The van der Waals surface area contributed by atoms with E-state index in [4.69, 9.17) is 27.9 Å². The zero-order valence-electron chi connectivity index (χ0n) is 19.7. The summed E-state index contributed by atoms with van der Waals surface area (Å²) >= 11 is 12.3. The van der Waals surface area contributed by atoms with Crippen LogP contribution in [0.4, 0.5) is 0 Å². The van der Waals surface area contributed by atoms with Gasteiger partial charge >= 0.3 is 0 Å². The van der Waals surface area contributed by atoms with Crippen LogP contribution in [-0.2, 0) is 16.4 Å². The number of amides is 1. The maximum Gasteiger partial charge on any atom is 0.251 e. The molecule has 0 saturated heterocycles. The molecule has 3 N–H and O–H groups in total. The third kappa shape index (κ3) is 5.53. The maximum atomic E-state index is 13.3. The molecule has 10 heteroatoms. The van der Waals surface area contributed by atoms with E-state index in [-0.39, 0.29) is 20.8 Å². The lowest BCUT2D eigenvalue weighted by Gasteiger charge is -2.42. The molecule has 0 fully saturated rings. The minimum Gasteiger partial charge on any atom is -0.485 e. The minimum atomic E-state index is -4.25. The lowest BCUT2D eigenvalue weighted by Crippen LogP contribution is -2.53. The van der Waals surface area contributed by atoms with Gasteiger partial charge in [0.25, 0.3) is 5.91 Å². The van der Waals surface area contributed by atoms with Crippen LogP contribution in [0.3, 0.4) is 0 Å². The Labute approximate surface area is 220 Å². The first kappa shape index (κ1) is 26.4. The molecule has 1 heterocycles. The van der Waals surface area contributed by atoms with Crippen LogP contribution in [0, 0.1) is 0 Å². The summed E-state index contributed by atoms with van der Waals surface area (Å²) in [7, 11) is -4.25. The van der Waals surface area contributed by atoms with Gasteiger partial charge in [-0.25, -0.2) is 13.1 Å². The molecule has 0 aliphatic carbocycles. The number of aliphatic hydroxyl groups is 1. The average molecular weight is 549 g/mol. The predicted octanol–water partition coefficient (Wildman–Crippen LogP) is 4.52. The van der Waals surface area contributed by atoms with Gasteiger partial charge in [0.15, 0.2) is 0 Å². The summed E-state index contributed by atoms with van der Waals surface area (Å²) in [5.41, 5.74) is 0.598. The van der Waals surface area contributed by atoms with Crippen molar-refractivity contribution in [2.75, 3.05) is 6.54 Å². The van der Waals surface area contributed by atoms with Gasteiger partial charge in [0.1, 0.15) is 22.4 Å². The zero-order valence-corrected chi connectivity index (χ0v) is 22.0. The number of fused-ring (bicyclic) bond motifs is 1. The molecule has 1 aliphatic rings. The molecular formula is C26H26Cl2N2O5S. The number of sulfonamides is 1. The first-order valence-electron chi connectivity index (χ1n) is 11.3. The van der Waals surface area contributed by atoms with Crippen molar-refractivity contribution in [1.82, 2.24) is 10.0 Å². The fourth-order valence-corrected chi connectivity index (χ4v) is 6.47. The maximum absolute atomic E-state index is 13.3. The molecule has 0 spiro atoms. The third-order valence-corrected chi connectivity index (χ3v) is 8.42. The van der Waals surface area contributed by atoms with Gasteiger partial charge in [-0.3, -0.25) is 4.79 Å². The monoisotopic (exact) mass is 548 g/mol. The van der Waals surface area contributed by atoms with Crippen molar-refractivity contribution in [3.8, 4) is 5.75 Å². The fraction of sp³-hybridized carbons (Fsp3) is 0.269. The second kappa shape index (κ2) is 10.4. The Morgan fingerprint density at radius 2 is 1.69 bits per heavy atom. The quantitative estimate of drug-likeness (QED) is 0.402. The van der Waals surface area contributed by atoms with Gasteiger partial charge in [0.05, 0.1) is 16.1 Å². The number of rotatable bonds is 7. The highest BCUT2D eigenvalue weighted by molar-refractivity contribution is 7.89. The molecule has 3 aromatic carbocycles. The molecule has 0 aromatic heterocycles. The topological polar surface area (TPSA) is 105 Å². The van der Waals surface area contributed by atoms with E-state index in [1.165, 1.54) is 24.3 Å². The van der Waals surface area contributed by atoms with E-state index in [9.17, 15) is 18.3 Å². The standard InChI is InChI=1S/C26H26Cl2N2O5S/c1-26(2)24(31)22(30-36(33,34)23-19(27)9-6-10-20(23)28)18-15-17(11-12-21(18)35-26)25(32)29-14-13-16-7-4-3-5-8-16/h3-12,15,22,24,30-31H,13-14H2,1-2H3,(H,29,32)/t22-,24+/m1/s1. The van der Waals surface area contributed by atoms with Gasteiger partial charge in [-0.15, -0.1) is 0 Å². The Kier molecular flexibility index (Phi) is 7.64. The number of benzene rings is 3. The van der Waals surface area contributed by atoms with Crippen LogP contribution in [0.15, 0.2) is 71.6 Å². The van der Waals surface area contributed by atoms with Gasteiger partial charge in [0.2, 0.25) is 10.0 Å². The summed E-state index contributed by atoms with van der Waals surface area (Å²) in [6.07, 6.45) is -0.619. The smallest absolute Gasteiger partial charge is 0.251 e. The molecule has 1 amide bonds. The van der Waals surface area contributed by atoms with Crippen molar-refractivity contribution in [1.29, 1.82) is 0 Å². The lowest BCUT2D eigenvalue weighted by molar-refractivity contribution is -0.0603. The summed E-state index contributed by atoms with van der Waals surface area (Å²) in [5, 5.41) is 13.8. The van der Waals surface area contributed by atoms with E-state index in [0.29, 0.717) is 29.8 Å². The summed E-state index contributed by atoms with van der Waals surface area (Å²) in [6, 6.07) is 17.7. The van der Waals surface area contributed by atoms with Crippen molar-refractivity contribution >= 4 is 39.1 Å². The Morgan fingerprint density at radius 1 is 1.03 bits per heavy atom. The summed E-state index contributed by atoms with van der Waals surface area (Å²) in [6.45, 7) is 3.72. The molecule has 7 nitrogen and oxygen atoms in total. The van der Waals surface area contributed by atoms with Gasteiger partial charge in [-0.2, -0.15) is 0 Å². The van der Waals surface area contributed by atoms with Crippen molar-refractivity contribution in [3.05, 3.63) is 93.5 Å². The molecule has 190 valence electrons. The van der Waals surface area contributed by atoms with Gasteiger partial charge in [-0.1, -0.05) is 59.6 Å². The second-order valence-electron chi connectivity index (χ2n) is 9.04. The first-order chi connectivity index (χ1) is 17.0. The number of carbonyl (C=O) groups is 1. The average Bonchev–Trinajstić information content (AvgIpc) is 2.82. The van der Waals surface area contributed by atoms with Gasteiger partial charge in [0, 0.05) is 17.7 Å². The van der Waals surface area contributed by atoms with E-state index < -0.39 is 27.8 Å². The number of aliphatic hydroxyl groups excluding tert-OH is 1. The normalized spacial score (nSPS) is 18.7. The summed E-state index contributed by atoms with van der Waals surface area (Å²) in [4.78, 5) is 12.6. The Bertz CT molecular complexity index is 1360. The van der Waals surface area contributed by atoms with Crippen molar-refractivity contribution in [3.63, 3.8) is 0 Å². The lowest BCUT2D eigenvalue weighted by atomic mass is 9.86. The minimum absolute atomic E-state index is 0.0532. The highest BCUT2D eigenvalue weighted by Gasteiger charge is 2.45. The van der Waals surface area contributed by atoms with E-state index in [2.05, 4.69) is 10.0 Å². The highest BCUT2D eigenvalue weighted by atomic mass is 35.5. The number of hydrogen-bond donors (Lipinski definition) is 3.